The largest absolute Gasteiger partial charge is 0.416 e. The summed E-state index contributed by atoms with van der Waals surface area (Å²) in [7, 11) is 0. The van der Waals surface area contributed by atoms with Crippen LogP contribution in [0.1, 0.15) is 36.9 Å². The van der Waals surface area contributed by atoms with E-state index in [1.165, 1.54) is 12.1 Å². The highest BCUT2D eigenvalue weighted by atomic mass is 79.9. The van der Waals surface area contributed by atoms with Crippen LogP contribution in [0.3, 0.4) is 0 Å². The van der Waals surface area contributed by atoms with E-state index < -0.39 is 11.7 Å². The van der Waals surface area contributed by atoms with E-state index in [0.29, 0.717) is 16.5 Å². The van der Waals surface area contributed by atoms with Crippen molar-refractivity contribution in [3.05, 3.63) is 46.5 Å². The summed E-state index contributed by atoms with van der Waals surface area (Å²) >= 11 is 3.32. The lowest BCUT2D eigenvalue weighted by Crippen LogP contribution is -2.22. The van der Waals surface area contributed by atoms with E-state index in [2.05, 4.69) is 27.8 Å². The fourth-order valence-corrected chi connectivity index (χ4v) is 2.32. The lowest BCUT2D eigenvalue weighted by molar-refractivity contribution is -0.137. The molecule has 0 aliphatic rings. The highest BCUT2D eigenvalue weighted by molar-refractivity contribution is 9.10. The van der Waals surface area contributed by atoms with Gasteiger partial charge in [0.05, 0.1) is 5.56 Å². The smallest absolute Gasteiger partial charge is 0.310 e. The summed E-state index contributed by atoms with van der Waals surface area (Å²) in [6.07, 6.45) is -1.11. The molecule has 1 nitrogen and oxygen atoms in total. The maximum absolute atomic E-state index is 12.7. The van der Waals surface area contributed by atoms with Crippen LogP contribution in [0.15, 0.2) is 35.3 Å². The summed E-state index contributed by atoms with van der Waals surface area (Å²) in [6.45, 7) is 6.42. The van der Waals surface area contributed by atoms with Gasteiger partial charge in [0.15, 0.2) is 0 Å². The first-order valence-corrected chi connectivity index (χ1v) is 6.90. The van der Waals surface area contributed by atoms with E-state index >= 15 is 0 Å². The highest BCUT2D eigenvalue weighted by Gasteiger charge is 2.31. The second-order valence-electron chi connectivity index (χ2n) is 4.27. The Balaban J connectivity index is 3.09. The van der Waals surface area contributed by atoms with Gasteiger partial charge in [0.2, 0.25) is 0 Å². The Labute approximate surface area is 120 Å². The Morgan fingerprint density at radius 2 is 2.11 bits per heavy atom. The SMILES string of the molecule is C=CCC(NCCC)c1cc(C(F)(F)F)ccc1Br. The van der Waals surface area contributed by atoms with Gasteiger partial charge in [0.25, 0.3) is 0 Å². The van der Waals surface area contributed by atoms with Gasteiger partial charge in [-0.1, -0.05) is 28.9 Å². The molecule has 0 spiro atoms. The lowest BCUT2D eigenvalue weighted by atomic mass is 10.0. The fourth-order valence-electron chi connectivity index (χ4n) is 1.79. The molecule has 0 heterocycles. The molecule has 0 aliphatic heterocycles. The van der Waals surface area contributed by atoms with Gasteiger partial charge in [0.1, 0.15) is 0 Å². The van der Waals surface area contributed by atoms with Gasteiger partial charge in [-0.2, -0.15) is 13.2 Å². The van der Waals surface area contributed by atoms with Crippen molar-refractivity contribution < 1.29 is 13.2 Å². The second kappa shape index (κ2) is 7.10. The quantitative estimate of drug-likeness (QED) is 0.714. The number of nitrogens with one attached hydrogen (secondary N) is 1. The van der Waals surface area contributed by atoms with Gasteiger partial charge in [0, 0.05) is 10.5 Å². The summed E-state index contributed by atoms with van der Waals surface area (Å²) in [5, 5.41) is 3.24. The van der Waals surface area contributed by atoms with Crippen molar-refractivity contribution in [1.29, 1.82) is 0 Å². The van der Waals surface area contributed by atoms with Gasteiger partial charge < -0.3 is 5.32 Å². The summed E-state index contributed by atoms with van der Waals surface area (Å²) in [5.74, 6) is 0. The Kier molecular flexibility index (Phi) is 6.07. The average Bonchev–Trinajstić information content (AvgIpc) is 2.34. The third-order valence-electron chi connectivity index (χ3n) is 2.74. The molecule has 1 rings (SSSR count). The second-order valence-corrected chi connectivity index (χ2v) is 5.12. The molecule has 1 unspecified atom stereocenters. The Morgan fingerprint density at radius 3 is 2.63 bits per heavy atom. The topological polar surface area (TPSA) is 12.0 Å². The monoisotopic (exact) mass is 335 g/mol. The first-order chi connectivity index (χ1) is 8.90. The average molecular weight is 336 g/mol. The molecule has 1 aromatic carbocycles. The molecule has 1 aromatic rings. The molecule has 0 saturated heterocycles. The Hall–Kier alpha value is -0.810. The maximum atomic E-state index is 12.7. The molecule has 0 radical (unpaired) electrons. The first-order valence-electron chi connectivity index (χ1n) is 6.11. The zero-order valence-corrected chi connectivity index (χ0v) is 12.3. The van der Waals surface area contributed by atoms with E-state index in [1.54, 1.807) is 6.08 Å². The van der Waals surface area contributed by atoms with Gasteiger partial charge >= 0.3 is 6.18 Å². The minimum absolute atomic E-state index is 0.158. The number of hydrogen-bond acceptors (Lipinski definition) is 1. The molecule has 0 amide bonds. The van der Waals surface area contributed by atoms with Crippen LogP contribution in [0.2, 0.25) is 0 Å². The zero-order chi connectivity index (χ0) is 14.5. The number of hydrogen-bond donors (Lipinski definition) is 1. The van der Waals surface area contributed by atoms with E-state index in [-0.39, 0.29) is 6.04 Å². The first kappa shape index (κ1) is 16.2. The van der Waals surface area contributed by atoms with Crippen molar-refractivity contribution in [2.24, 2.45) is 0 Å². The summed E-state index contributed by atoms with van der Waals surface area (Å²) in [6, 6.07) is 3.57. The summed E-state index contributed by atoms with van der Waals surface area (Å²) in [4.78, 5) is 0. The van der Waals surface area contributed by atoms with Crippen LogP contribution in [0.5, 0.6) is 0 Å². The molecule has 106 valence electrons. The standard InChI is InChI=1S/C14H17BrF3N/c1-3-5-13(19-8-4-2)11-9-10(14(16,17)18)6-7-12(11)15/h3,6-7,9,13,19H,1,4-5,8H2,2H3. The van der Waals surface area contributed by atoms with E-state index in [4.69, 9.17) is 0 Å². The van der Waals surface area contributed by atoms with E-state index in [0.717, 1.165) is 19.0 Å². The minimum atomic E-state index is -4.32. The van der Waals surface area contributed by atoms with Crippen molar-refractivity contribution in [2.75, 3.05) is 6.54 Å². The van der Waals surface area contributed by atoms with Crippen LogP contribution in [0, 0.1) is 0 Å². The minimum Gasteiger partial charge on any atom is -0.310 e. The molecule has 0 fully saturated rings. The number of alkyl halides is 3. The van der Waals surface area contributed by atoms with Crippen LogP contribution in [0.4, 0.5) is 13.2 Å². The molecule has 0 aromatic heterocycles. The third kappa shape index (κ3) is 4.66. The number of rotatable bonds is 6. The Morgan fingerprint density at radius 1 is 1.42 bits per heavy atom. The zero-order valence-electron chi connectivity index (χ0n) is 10.7. The fraction of sp³-hybridized carbons (Fsp3) is 0.429. The van der Waals surface area contributed by atoms with Crippen LogP contribution in [0.25, 0.3) is 0 Å². The lowest BCUT2D eigenvalue weighted by Gasteiger charge is -2.20. The maximum Gasteiger partial charge on any atom is 0.416 e. The van der Waals surface area contributed by atoms with Crippen molar-refractivity contribution >= 4 is 15.9 Å². The molecular weight excluding hydrogens is 319 g/mol. The van der Waals surface area contributed by atoms with E-state index in [9.17, 15) is 13.2 Å². The van der Waals surface area contributed by atoms with Crippen LogP contribution in [-0.4, -0.2) is 6.54 Å². The van der Waals surface area contributed by atoms with Crippen molar-refractivity contribution in [3.63, 3.8) is 0 Å². The van der Waals surface area contributed by atoms with Gasteiger partial charge in [-0.3, -0.25) is 0 Å². The molecule has 0 aliphatic carbocycles. The molecule has 1 atom stereocenters. The van der Waals surface area contributed by atoms with Gasteiger partial charge in [-0.25, -0.2) is 0 Å². The summed E-state index contributed by atoms with van der Waals surface area (Å²) < 4.78 is 38.9. The van der Waals surface area contributed by atoms with Crippen molar-refractivity contribution in [3.8, 4) is 0 Å². The molecule has 19 heavy (non-hydrogen) atoms. The highest BCUT2D eigenvalue weighted by Crippen LogP contribution is 2.34. The number of benzene rings is 1. The van der Waals surface area contributed by atoms with Crippen molar-refractivity contribution in [1.82, 2.24) is 5.32 Å². The van der Waals surface area contributed by atoms with Gasteiger partial charge in [-0.15, -0.1) is 6.58 Å². The normalized spacial score (nSPS) is 13.3. The molecule has 0 saturated carbocycles. The van der Waals surface area contributed by atoms with Crippen LogP contribution < -0.4 is 5.32 Å². The Bertz CT molecular complexity index is 429. The predicted octanol–water partition coefficient (Wildman–Crippen LogP) is 5.08. The van der Waals surface area contributed by atoms with Gasteiger partial charge in [-0.05, 0) is 43.1 Å². The van der Waals surface area contributed by atoms with Crippen LogP contribution in [-0.2, 0) is 6.18 Å². The number of halogens is 4. The van der Waals surface area contributed by atoms with E-state index in [1.807, 2.05) is 6.92 Å². The predicted molar refractivity (Wildman–Crippen MR) is 75.0 cm³/mol. The molecule has 1 N–H and O–H groups in total. The van der Waals surface area contributed by atoms with Crippen molar-refractivity contribution in [2.45, 2.75) is 32.0 Å². The third-order valence-corrected chi connectivity index (χ3v) is 3.46. The molecule has 0 bridgehead atoms. The molecular formula is C14H17BrF3N. The van der Waals surface area contributed by atoms with Crippen LogP contribution >= 0.6 is 15.9 Å². The summed E-state index contributed by atoms with van der Waals surface area (Å²) in [5.41, 5.74) is -0.0127. The molecule has 5 heteroatoms.